The van der Waals surface area contributed by atoms with E-state index in [0.717, 1.165) is 53.7 Å². The zero-order chi connectivity index (χ0) is 21.4. The number of nitrogens with zero attached hydrogens (tertiary/aromatic N) is 2. The van der Waals surface area contributed by atoms with Gasteiger partial charge >= 0.3 is 0 Å². The molecule has 2 aromatic heterocycles. The van der Waals surface area contributed by atoms with E-state index in [9.17, 15) is 4.79 Å². The summed E-state index contributed by atoms with van der Waals surface area (Å²) in [4.78, 5) is 17.9. The van der Waals surface area contributed by atoms with Crippen LogP contribution in [0.1, 0.15) is 68.6 Å². The molecule has 6 rings (SSSR count). The monoisotopic (exact) mass is 440 g/mol. The molecule has 0 aliphatic heterocycles. The van der Waals surface area contributed by atoms with Gasteiger partial charge in [0.1, 0.15) is 11.3 Å². The van der Waals surface area contributed by atoms with Crippen molar-refractivity contribution in [2.24, 2.45) is 23.2 Å². The second kappa shape index (κ2) is 8.78. The molecule has 0 radical (unpaired) electrons. The summed E-state index contributed by atoms with van der Waals surface area (Å²) in [5.41, 5.74) is 2.96. The molecule has 0 saturated heterocycles. The summed E-state index contributed by atoms with van der Waals surface area (Å²) < 4.78 is 1.97. The number of rotatable bonds is 9. The second-order valence-electron chi connectivity index (χ2n) is 10.6. The molecule has 4 bridgehead atoms. The summed E-state index contributed by atoms with van der Waals surface area (Å²) in [5, 5.41) is 6.77. The molecule has 168 valence electrons. The first-order valence-corrected chi connectivity index (χ1v) is 13.2. The minimum atomic E-state index is 0.0408. The number of carbonyl (C=O) groups is 1. The van der Waals surface area contributed by atoms with Crippen LogP contribution in [0.2, 0.25) is 0 Å². The molecular weight excluding hydrogens is 404 g/mol. The largest absolute Gasteiger partial charge is 0.350 e. The van der Waals surface area contributed by atoms with Gasteiger partial charge < -0.3 is 10.6 Å². The predicted octanol–water partition coefficient (Wildman–Crippen LogP) is 4.51. The number of thioether (sulfide) groups is 1. The Morgan fingerprint density at radius 2 is 1.90 bits per heavy atom. The Balaban J connectivity index is 1.21. The van der Waals surface area contributed by atoms with Crippen LogP contribution in [0.4, 0.5) is 0 Å². The van der Waals surface area contributed by atoms with Crippen LogP contribution in [-0.2, 0) is 5.75 Å². The number of aromatic nitrogens is 2. The van der Waals surface area contributed by atoms with E-state index in [1.54, 1.807) is 0 Å². The fourth-order valence-electron chi connectivity index (χ4n) is 6.78. The van der Waals surface area contributed by atoms with Gasteiger partial charge in [-0.15, -0.1) is 0 Å². The van der Waals surface area contributed by atoms with Gasteiger partial charge in [0.25, 0.3) is 5.91 Å². The molecule has 4 aliphatic rings. The smallest absolute Gasteiger partial charge is 0.268 e. The maximum absolute atomic E-state index is 13.2. The van der Waals surface area contributed by atoms with E-state index in [0.29, 0.717) is 17.2 Å². The summed E-state index contributed by atoms with van der Waals surface area (Å²) in [6.07, 6.45) is 10.3. The van der Waals surface area contributed by atoms with E-state index in [4.69, 9.17) is 4.98 Å². The zero-order valence-corrected chi connectivity index (χ0v) is 19.7. The minimum Gasteiger partial charge on any atom is -0.350 e. The Morgan fingerprint density at radius 3 is 2.58 bits per heavy atom. The quantitative estimate of drug-likeness (QED) is 0.563. The first-order valence-electron chi connectivity index (χ1n) is 12.1. The van der Waals surface area contributed by atoms with Crippen molar-refractivity contribution in [1.29, 1.82) is 0 Å². The lowest BCUT2D eigenvalue weighted by Gasteiger charge is -2.56. The highest BCUT2D eigenvalue weighted by Gasteiger charge is 2.50. The lowest BCUT2D eigenvalue weighted by molar-refractivity contribution is -0.0503. The van der Waals surface area contributed by atoms with E-state index < -0.39 is 0 Å². The van der Waals surface area contributed by atoms with Gasteiger partial charge in [0.2, 0.25) is 0 Å². The number of nitrogens with one attached hydrogen (secondary N) is 2. The highest BCUT2D eigenvalue weighted by Crippen LogP contribution is 2.59. The third-order valence-electron chi connectivity index (χ3n) is 7.61. The van der Waals surface area contributed by atoms with Crippen molar-refractivity contribution >= 4 is 23.3 Å². The molecule has 0 aromatic carbocycles. The molecule has 6 heteroatoms. The Labute approximate surface area is 190 Å². The number of fused-ring (bicyclic) bond motifs is 1. The molecule has 2 aromatic rings. The highest BCUT2D eigenvalue weighted by atomic mass is 32.2. The molecule has 4 aliphatic carbocycles. The Kier molecular flexibility index (Phi) is 6.04. The maximum atomic E-state index is 13.2. The standard InChI is InChI=1S/C25H36N4OS/c1-17(2)26-6-7-31-15-21-14-29-22(4-3-5-23(29)28-21)24(30)27-16-25-11-18-8-19(12-25)10-20(9-18)13-25/h3-5,14,17-20,26H,6-13,15-16H2,1-2H3,(H,27,30). The van der Waals surface area contributed by atoms with Crippen LogP contribution in [0, 0.1) is 23.2 Å². The van der Waals surface area contributed by atoms with Crippen molar-refractivity contribution in [3.05, 3.63) is 35.8 Å². The topological polar surface area (TPSA) is 58.4 Å². The Hall–Kier alpha value is -1.53. The second-order valence-corrected chi connectivity index (χ2v) is 11.7. The van der Waals surface area contributed by atoms with Crippen molar-refractivity contribution in [2.45, 2.75) is 64.2 Å². The number of pyridine rings is 1. The van der Waals surface area contributed by atoms with Gasteiger partial charge in [0.05, 0.1) is 5.69 Å². The predicted molar refractivity (Wildman–Crippen MR) is 127 cm³/mol. The van der Waals surface area contributed by atoms with E-state index in [2.05, 4.69) is 24.5 Å². The summed E-state index contributed by atoms with van der Waals surface area (Å²) in [5.74, 6) is 4.71. The molecule has 0 spiro atoms. The number of carbonyl (C=O) groups excluding carboxylic acids is 1. The number of imidazole rings is 1. The van der Waals surface area contributed by atoms with Gasteiger partial charge in [0.15, 0.2) is 0 Å². The van der Waals surface area contributed by atoms with Gasteiger partial charge in [-0.1, -0.05) is 19.9 Å². The van der Waals surface area contributed by atoms with Crippen LogP contribution in [0.3, 0.4) is 0 Å². The van der Waals surface area contributed by atoms with Gasteiger partial charge in [-0.3, -0.25) is 9.20 Å². The van der Waals surface area contributed by atoms with Gasteiger partial charge in [-0.2, -0.15) is 11.8 Å². The van der Waals surface area contributed by atoms with Crippen molar-refractivity contribution in [2.75, 3.05) is 18.8 Å². The van der Waals surface area contributed by atoms with Crippen LogP contribution >= 0.6 is 11.8 Å². The lowest BCUT2D eigenvalue weighted by Crippen LogP contribution is -2.51. The summed E-state index contributed by atoms with van der Waals surface area (Å²) in [6.45, 7) is 6.19. The molecule has 4 fully saturated rings. The average molecular weight is 441 g/mol. The third kappa shape index (κ3) is 4.65. The highest BCUT2D eigenvalue weighted by molar-refractivity contribution is 7.98. The van der Waals surface area contributed by atoms with Crippen molar-refractivity contribution in [3.63, 3.8) is 0 Å². The first kappa shape index (κ1) is 21.3. The van der Waals surface area contributed by atoms with Gasteiger partial charge in [-0.25, -0.2) is 4.98 Å². The molecule has 0 atom stereocenters. The van der Waals surface area contributed by atoms with Crippen LogP contribution < -0.4 is 10.6 Å². The number of amides is 1. The fraction of sp³-hybridized carbons (Fsp3) is 0.680. The molecular formula is C25H36N4OS. The SMILES string of the molecule is CC(C)NCCSCc1cn2c(C(=O)NCC34CC5CC(CC(C5)C3)C4)cccc2n1. The third-order valence-corrected chi connectivity index (χ3v) is 8.61. The molecule has 4 saturated carbocycles. The zero-order valence-electron chi connectivity index (χ0n) is 18.9. The fourth-order valence-corrected chi connectivity index (χ4v) is 7.53. The minimum absolute atomic E-state index is 0.0408. The Morgan fingerprint density at radius 1 is 1.19 bits per heavy atom. The van der Waals surface area contributed by atoms with Crippen LogP contribution in [0.25, 0.3) is 5.65 Å². The van der Waals surface area contributed by atoms with Crippen LogP contribution in [-0.4, -0.2) is 40.2 Å². The summed E-state index contributed by atoms with van der Waals surface area (Å²) in [6, 6.07) is 6.39. The summed E-state index contributed by atoms with van der Waals surface area (Å²) in [7, 11) is 0. The van der Waals surface area contributed by atoms with E-state index >= 15 is 0 Å². The van der Waals surface area contributed by atoms with Crippen molar-refractivity contribution in [3.8, 4) is 0 Å². The molecule has 2 N–H and O–H groups in total. The van der Waals surface area contributed by atoms with Crippen molar-refractivity contribution in [1.82, 2.24) is 20.0 Å². The Bertz CT molecular complexity index is 901. The van der Waals surface area contributed by atoms with Crippen LogP contribution in [0.15, 0.2) is 24.4 Å². The van der Waals surface area contributed by atoms with E-state index in [1.165, 1.54) is 38.5 Å². The number of hydrogen-bond donors (Lipinski definition) is 2. The normalized spacial score (nSPS) is 29.2. The maximum Gasteiger partial charge on any atom is 0.268 e. The van der Waals surface area contributed by atoms with Gasteiger partial charge in [0, 0.05) is 36.8 Å². The van der Waals surface area contributed by atoms with E-state index in [-0.39, 0.29) is 5.91 Å². The summed E-state index contributed by atoms with van der Waals surface area (Å²) >= 11 is 1.88. The average Bonchev–Trinajstić information content (AvgIpc) is 3.13. The molecule has 0 unspecified atom stereocenters. The first-order chi connectivity index (χ1) is 15.0. The van der Waals surface area contributed by atoms with Crippen molar-refractivity contribution < 1.29 is 4.79 Å². The lowest BCUT2D eigenvalue weighted by atomic mass is 9.49. The molecule has 2 heterocycles. The number of hydrogen-bond acceptors (Lipinski definition) is 4. The molecule has 1 amide bonds. The molecule has 5 nitrogen and oxygen atoms in total. The van der Waals surface area contributed by atoms with Gasteiger partial charge in [-0.05, 0) is 73.8 Å². The van der Waals surface area contributed by atoms with Crippen LogP contribution in [0.5, 0.6) is 0 Å². The molecule has 31 heavy (non-hydrogen) atoms. The van der Waals surface area contributed by atoms with E-state index in [1.807, 2.05) is 40.6 Å².